The lowest BCUT2D eigenvalue weighted by atomic mass is 9.96. The van der Waals surface area contributed by atoms with E-state index >= 15 is 0 Å². The lowest BCUT2D eigenvalue weighted by molar-refractivity contribution is 0.212. The Morgan fingerprint density at radius 2 is 2.15 bits per heavy atom. The van der Waals surface area contributed by atoms with E-state index in [2.05, 4.69) is 50.1 Å². The molecule has 1 aliphatic rings. The van der Waals surface area contributed by atoms with Gasteiger partial charge in [0.05, 0.1) is 13.3 Å². The smallest absolute Gasteiger partial charge is 0.155 e. The van der Waals surface area contributed by atoms with Crippen molar-refractivity contribution in [3.05, 3.63) is 48.2 Å². The van der Waals surface area contributed by atoms with Crippen LogP contribution < -0.4 is 10.6 Å². The molecule has 0 heterocycles. The number of hydrogen-bond donors (Lipinski definition) is 3. The van der Waals surface area contributed by atoms with Crippen LogP contribution >= 0.6 is 0 Å². The molecular weight excluding hydrogens is 336 g/mol. The van der Waals surface area contributed by atoms with Crippen LogP contribution in [-0.4, -0.2) is 43.0 Å². The minimum Gasteiger partial charge on any atom is -0.395 e. The minimum atomic E-state index is 0.0142. The van der Waals surface area contributed by atoms with Crippen molar-refractivity contribution in [3.8, 4) is 0 Å². The van der Waals surface area contributed by atoms with Crippen LogP contribution in [0.2, 0.25) is 0 Å². The van der Waals surface area contributed by atoms with Gasteiger partial charge in [0, 0.05) is 30.8 Å². The fourth-order valence-corrected chi connectivity index (χ4v) is 2.71. The first-order valence-electron chi connectivity index (χ1n) is 9.75. The van der Waals surface area contributed by atoms with Crippen molar-refractivity contribution in [2.24, 2.45) is 21.8 Å². The lowest BCUT2D eigenvalue weighted by Gasteiger charge is -2.19. The Kier molecular flexibility index (Phi) is 10.6. The highest BCUT2D eigenvalue weighted by Gasteiger charge is 2.16. The Balaban J connectivity index is 3.15. The van der Waals surface area contributed by atoms with Gasteiger partial charge in [-0.1, -0.05) is 45.6 Å². The minimum absolute atomic E-state index is 0.0142. The van der Waals surface area contributed by atoms with Crippen LogP contribution in [-0.2, 0) is 0 Å². The van der Waals surface area contributed by atoms with Gasteiger partial charge in [0.2, 0.25) is 0 Å². The van der Waals surface area contributed by atoms with Crippen molar-refractivity contribution in [2.45, 2.75) is 46.6 Å². The van der Waals surface area contributed by atoms with Gasteiger partial charge < -0.3 is 10.4 Å². The molecular formula is C22H36N4O. The third-order valence-electron chi connectivity index (χ3n) is 4.76. The van der Waals surface area contributed by atoms with Gasteiger partial charge in [-0.25, -0.2) is 4.99 Å². The standard InChI is InChI=1S/C22H36N4O/c1-7-19(12-13-23-6)22(25-15-24-21(14-27)16(2)3)26-20-11-9-8-10-17(4)18(20)5/h7-9,12-13,16-17,21,23-24,27H,5,10-11,14-15H2,1-4,6H3/b13-12-,19-7+,25-22-,26-20?. The summed E-state index contributed by atoms with van der Waals surface area (Å²) in [6.07, 6.45) is 12.0. The molecule has 0 fully saturated rings. The molecule has 27 heavy (non-hydrogen) atoms. The van der Waals surface area contributed by atoms with Gasteiger partial charge in [-0.15, -0.1) is 0 Å². The molecule has 1 aliphatic carbocycles. The molecule has 150 valence electrons. The summed E-state index contributed by atoms with van der Waals surface area (Å²) in [6.45, 7) is 13.1. The maximum Gasteiger partial charge on any atom is 0.155 e. The molecule has 1 rings (SSSR count). The van der Waals surface area contributed by atoms with Gasteiger partial charge in [-0.3, -0.25) is 10.3 Å². The largest absolute Gasteiger partial charge is 0.395 e. The Hall–Kier alpha value is -1.98. The summed E-state index contributed by atoms with van der Waals surface area (Å²) >= 11 is 0. The zero-order valence-electron chi connectivity index (χ0n) is 17.5. The van der Waals surface area contributed by atoms with Crippen LogP contribution in [0, 0.1) is 11.8 Å². The third-order valence-corrected chi connectivity index (χ3v) is 4.76. The molecule has 0 amide bonds. The highest BCUT2D eigenvalue weighted by molar-refractivity contribution is 6.13. The van der Waals surface area contributed by atoms with Gasteiger partial charge in [0.1, 0.15) is 0 Å². The van der Waals surface area contributed by atoms with E-state index in [-0.39, 0.29) is 12.6 Å². The number of aliphatic hydroxyl groups excluding tert-OH is 1. The van der Waals surface area contributed by atoms with Gasteiger partial charge in [-0.05, 0) is 43.0 Å². The molecule has 0 radical (unpaired) electrons. The van der Waals surface area contributed by atoms with Gasteiger partial charge in [0.25, 0.3) is 0 Å². The summed E-state index contributed by atoms with van der Waals surface area (Å²) in [6, 6.07) is 0.0142. The number of allylic oxidation sites excluding steroid dienone is 4. The maximum atomic E-state index is 9.50. The first-order valence-corrected chi connectivity index (χ1v) is 9.75. The second-order valence-electron chi connectivity index (χ2n) is 7.14. The van der Waals surface area contributed by atoms with Crippen molar-refractivity contribution >= 4 is 11.5 Å². The van der Waals surface area contributed by atoms with Crippen molar-refractivity contribution in [3.63, 3.8) is 0 Å². The second kappa shape index (κ2) is 12.4. The van der Waals surface area contributed by atoms with E-state index in [0.717, 1.165) is 29.7 Å². The van der Waals surface area contributed by atoms with Crippen LogP contribution in [0.15, 0.2) is 58.2 Å². The number of rotatable bonds is 8. The molecule has 2 atom stereocenters. The van der Waals surface area contributed by atoms with E-state index in [4.69, 9.17) is 9.98 Å². The second-order valence-corrected chi connectivity index (χ2v) is 7.14. The highest BCUT2D eigenvalue weighted by Crippen LogP contribution is 2.21. The zero-order chi connectivity index (χ0) is 20.2. The third kappa shape index (κ3) is 7.65. The molecule has 0 bridgehead atoms. The summed E-state index contributed by atoms with van der Waals surface area (Å²) in [5.41, 5.74) is 3.00. The van der Waals surface area contributed by atoms with Crippen molar-refractivity contribution < 1.29 is 5.11 Å². The van der Waals surface area contributed by atoms with Crippen LogP contribution in [0.25, 0.3) is 0 Å². The highest BCUT2D eigenvalue weighted by atomic mass is 16.3. The summed E-state index contributed by atoms with van der Waals surface area (Å²) in [7, 11) is 1.86. The predicted octanol–water partition coefficient (Wildman–Crippen LogP) is 3.61. The summed E-state index contributed by atoms with van der Waals surface area (Å²) in [4.78, 5) is 9.58. The van der Waals surface area contributed by atoms with E-state index in [1.54, 1.807) is 0 Å². The first kappa shape index (κ1) is 23.1. The molecule has 0 saturated carbocycles. The van der Waals surface area contributed by atoms with E-state index in [0.29, 0.717) is 24.3 Å². The number of nitrogens with zero attached hydrogens (tertiary/aromatic N) is 2. The molecule has 0 aromatic carbocycles. The molecule has 0 aliphatic heterocycles. The first-order chi connectivity index (χ1) is 12.9. The topological polar surface area (TPSA) is 69.0 Å². The van der Waals surface area contributed by atoms with Crippen LogP contribution in [0.1, 0.15) is 40.5 Å². The molecule has 0 saturated heterocycles. The summed E-state index contributed by atoms with van der Waals surface area (Å²) in [5, 5.41) is 15.8. The molecule has 3 N–H and O–H groups in total. The fraction of sp³-hybridized carbons (Fsp3) is 0.545. The maximum absolute atomic E-state index is 9.50. The normalized spacial score (nSPS) is 22.0. The van der Waals surface area contributed by atoms with Crippen molar-refractivity contribution in [2.75, 3.05) is 20.3 Å². The van der Waals surface area contributed by atoms with Crippen LogP contribution in [0.3, 0.4) is 0 Å². The lowest BCUT2D eigenvalue weighted by Crippen LogP contribution is -2.37. The van der Waals surface area contributed by atoms with E-state index < -0.39 is 0 Å². The monoisotopic (exact) mass is 372 g/mol. The van der Waals surface area contributed by atoms with E-state index in [1.807, 2.05) is 32.3 Å². The van der Waals surface area contributed by atoms with Crippen LogP contribution in [0.4, 0.5) is 0 Å². The number of nitrogens with one attached hydrogen (secondary N) is 2. The molecule has 2 unspecified atom stereocenters. The molecule has 0 aromatic heterocycles. The Morgan fingerprint density at radius 3 is 2.74 bits per heavy atom. The Labute approximate surface area is 164 Å². The quantitative estimate of drug-likeness (QED) is 0.264. The molecule has 0 spiro atoms. The number of aliphatic imine (C=N–C) groups is 2. The average molecular weight is 373 g/mol. The Morgan fingerprint density at radius 1 is 1.41 bits per heavy atom. The number of hydrogen-bond acceptors (Lipinski definition) is 4. The molecule has 0 aromatic rings. The van der Waals surface area contributed by atoms with Crippen molar-refractivity contribution in [1.29, 1.82) is 0 Å². The van der Waals surface area contributed by atoms with Crippen molar-refractivity contribution in [1.82, 2.24) is 10.6 Å². The average Bonchev–Trinajstić information content (AvgIpc) is 2.80. The number of aliphatic hydroxyl groups is 1. The number of amidine groups is 1. The predicted molar refractivity (Wildman–Crippen MR) is 117 cm³/mol. The SMILES string of the molecule is C=C1C(=NC(=N\CNC(CO)C(C)C)/C(/C=C\NC)=C/C)CC=CCC1C. The summed E-state index contributed by atoms with van der Waals surface area (Å²) in [5.74, 6) is 1.39. The molecule has 5 heteroatoms. The van der Waals surface area contributed by atoms with Gasteiger partial charge >= 0.3 is 0 Å². The summed E-state index contributed by atoms with van der Waals surface area (Å²) < 4.78 is 0. The van der Waals surface area contributed by atoms with E-state index in [9.17, 15) is 5.11 Å². The zero-order valence-corrected chi connectivity index (χ0v) is 17.5. The Bertz CT molecular complexity index is 626. The fourth-order valence-electron chi connectivity index (χ4n) is 2.71. The van der Waals surface area contributed by atoms with Gasteiger partial charge in [-0.2, -0.15) is 0 Å². The van der Waals surface area contributed by atoms with Crippen LogP contribution in [0.5, 0.6) is 0 Å². The molecule has 5 nitrogen and oxygen atoms in total. The van der Waals surface area contributed by atoms with Gasteiger partial charge in [0.15, 0.2) is 5.84 Å². The van der Waals surface area contributed by atoms with E-state index in [1.165, 1.54) is 0 Å².